The smallest absolute Gasteiger partial charge is 0.139 e. The van der Waals surface area contributed by atoms with Gasteiger partial charge in [-0.15, -0.1) is 0 Å². The summed E-state index contributed by atoms with van der Waals surface area (Å²) >= 11 is 0. The molecule has 5 atom stereocenters. The van der Waals surface area contributed by atoms with Gasteiger partial charge < -0.3 is 9.55 Å². The van der Waals surface area contributed by atoms with Gasteiger partial charge in [0.25, 0.3) is 0 Å². The van der Waals surface area contributed by atoms with Crippen molar-refractivity contribution in [1.29, 1.82) is 0 Å². The Bertz CT molecular complexity index is 954. The fourth-order valence-electron chi connectivity index (χ4n) is 6.42. The average Bonchev–Trinajstić information content (AvgIpc) is 3.20. The molecular weight excluding hydrogens is 300 g/mol. The van der Waals surface area contributed by atoms with Gasteiger partial charge in [-0.2, -0.15) is 4.91 Å². The SMILES string of the molecule is O=N[C@]12CC3C[C@H](C1)[C@H](n1ccc4cnc5[nH]ccc5c41)[C@@H](C3)C2. The zero-order chi connectivity index (χ0) is 15.9. The molecule has 4 aliphatic rings. The highest BCUT2D eigenvalue weighted by Crippen LogP contribution is 2.61. The molecule has 0 radical (unpaired) electrons. The third-order valence-corrected chi connectivity index (χ3v) is 6.97. The average molecular weight is 320 g/mol. The van der Waals surface area contributed by atoms with Gasteiger partial charge in [-0.3, -0.25) is 0 Å². The number of H-pyrrole nitrogens is 1. The predicted octanol–water partition coefficient (Wildman–Crippen LogP) is 4.40. The molecular formula is C19H20N4O. The molecule has 0 saturated heterocycles. The summed E-state index contributed by atoms with van der Waals surface area (Å²) in [5.41, 5.74) is 2.00. The van der Waals surface area contributed by atoms with E-state index in [1.54, 1.807) is 0 Å². The van der Waals surface area contributed by atoms with E-state index in [0.29, 0.717) is 23.8 Å². The Morgan fingerprint density at radius 1 is 1.21 bits per heavy atom. The van der Waals surface area contributed by atoms with Crippen LogP contribution in [-0.2, 0) is 0 Å². The molecule has 0 aliphatic heterocycles. The minimum absolute atomic E-state index is 0.249. The van der Waals surface area contributed by atoms with Gasteiger partial charge in [0.15, 0.2) is 0 Å². The van der Waals surface area contributed by atoms with E-state index >= 15 is 0 Å². The van der Waals surface area contributed by atoms with Crippen LogP contribution in [-0.4, -0.2) is 20.1 Å². The maximum absolute atomic E-state index is 11.5. The lowest BCUT2D eigenvalue weighted by atomic mass is 9.51. The number of hydrogen-bond donors (Lipinski definition) is 1. The summed E-state index contributed by atoms with van der Waals surface area (Å²) in [6.45, 7) is 0. The molecule has 1 N–H and O–H groups in total. The van der Waals surface area contributed by atoms with Crippen LogP contribution in [0.2, 0.25) is 0 Å². The van der Waals surface area contributed by atoms with Crippen LogP contribution in [0.1, 0.15) is 38.1 Å². The Hall–Kier alpha value is -2.17. The number of nitrogens with zero attached hydrogens (tertiary/aromatic N) is 3. The van der Waals surface area contributed by atoms with E-state index in [9.17, 15) is 4.91 Å². The van der Waals surface area contributed by atoms with Gasteiger partial charge in [-0.1, -0.05) is 5.18 Å². The number of rotatable bonds is 2. The zero-order valence-corrected chi connectivity index (χ0v) is 13.5. The number of aromatic amines is 1. The van der Waals surface area contributed by atoms with Gasteiger partial charge in [0.05, 0.1) is 5.52 Å². The maximum Gasteiger partial charge on any atom is 0.139 e. The van der Waals surface area contributed by atoms with E-state index in [4.69, 9.17) is 0 Å². The Morgan fingerprint density at radius 3 is 2.83 bits per heavy atom. The standard InChI is InChI=1S/C19H20N4O/c24-22-19-7-11-5-13(8-19)16(14(6-11)9-19)23-4-2-12-10-21-18-15(17(12)23)1-3-20-18/h1-4,10-11,13-14,16H,5-9H2,(H,20,21)/t11?,13-,14+,16+,19-. The highest BCUT2D eigenvalue weighted by molar-refractivity contribution is 6.02. The van der Waals surface area contributed by atoms with Crippen molar-refractivity contribution in [2.75, 3.05) is 0 Å². The van der Waals surface area contributed by atoms with E-state index in [-0.39, 0.29) is 5.54 Å². The second-order valence-corrected chi connectivity index (χ2v) is 8.30. The van der Waals surface area contributed by atoms with Crippen molar-refractivity contribution in [3.05, 3.63) is 35.6 Å². The minimum atomic E-state index is -0.249. The number of aromatic nitrogens is 3. The topological polar surface area (TPSA) is 63.0 Å². The molecule has 5 heteroatoms. The Balaban J connectivity index is 1.54. The predicted molar refractivity (Wildman–Crippen MR) is 92.7 cm³/mol. The van der Waals surface area contributed by atoms with Gasteiger partial charge >= 0.3 is 0 Å². The minimum Gasteiger partial charge on any atom is -0.346 e. The molecule has 3 heterocycles. The third-order valence-electron chi connectivity index (χ3n) is 6.97. The normalized spacial score (nSPS) is 37.5. The van der Waals surface area contributed by atoms with Crippen LogP contribution in [0.15, 0.2) is 35.9 Å². The van der Waals surface area contributed by atoms with Crippen molar-refractivity contribution >= 4 is 21.9 Å². The van der Waals surface area contributed by atoms with Gasteiger partial charge in [0, 0.05) is 35.4 Å². The van der Waals surface area contributed by atoms with Crippen molar-refractivity contribution in [3.63, 3.8) is 0 Å². The van der Waals surface area contributed by atoms with Crippen molar-refractivity contribution < 1.29 is 0 Å². The molecule has 7 rings (SSSR count). The largest absolute Gasteiger partial charge is 0.346 e. The Morgan fingerprint density at radius 2 is 2.04 bits per heavy atom. The van der Waals surface area contributed by atoms with Crippen LogP contribution in [0.5, 0.6) is 0 Å². The van der Waals surface area contributed by atoms with Crippen molar-refractivity contribution in [1.82, 2.24) is 14.5 Å². The van der Waals surface area contributed by atoms with Crippen LogP contribution in [0.25, 0.3) is 21.9 Å². The summed E-state index contributed by atoms with van der Waals surface area (Å²) < 4.78 is 2.50. The van der Waals surface area contributed by atoms with E-state index in [2.05, 4.69) is 38.0 Å². The van der Waals surface area contributed by atoms with Crippen LogP contribution in [0.3, 0.4) is 0 Å². The Labute approximate surface area is 139 Å². The summed E-state index contributed by atoms with van der Waals surface area (Å²) in [6.07, 6.45) is 11.7. The molecule has 4 saturated carbocycles. The first kappa shape index (κ1) is 13.2. The van der Waals surface area contributed by atoms with E-state index < -0.39 is 0 Å². The number of pyridine rings is 1. The summed E-state index contributed by atoms with van der Waals surface area (Å²) in [4.78, 5) is 19.3. The fraction of sp³-hybridized carbons (Fsp3) is 0.526. The van der Waals surface area contributed by atoms with Crippen LogP contribution in [0.4, 0.5) is 0 Å². The van der Waals surface area contributed by atoms with Crippen molar-refractivity contribution in [2.45, 2.75) is 43.7 Å². The lowest BCUT2D eigenvalue weighted by Crippen LogP contribution is -2.53. The second-order valence-electron chi connectivity index (χ2n) is 8.30. The van der Waals surface area contributed by atoms with Crippen molar-refractivity contribution in [2.24, 2.45) is 22.9 Å². The molecule has 3 aromatic rings. The second kappa shape index (κ2) is 4.26. The van der Waals surface area contributed by atoms with Gasteiger partial charge in [0.1, 0.15) is 11.2 Å². The molecule has 3 aromatic heterocycles. The molecule has 0 spiro atoms. The van der Waals surface area contributed by atoms with Crippen LogP contribution in [0, 0.1) is 22.7 Å². The molecule has 5 nitrogen and oxygen atoms in total. The van der Waals surface area contributed by atoms with Crippen LogP contribution >= 0.6 is 0 Å². The van der Waals surface area contributed by atoms with Gasteiger partial charge in [-0.05, 0) is 62.0 Å². The molecule has 0 aromatic carbocycles. The van der Waals surface area contributed by atoms with E-state index in [1.807, 2.05) is 12.4 Å². The summed E-state index contributed by atoms with van der Waals surface area (Å²) in [5.74, 6) is 1.89. The monoisotopic (exact) mass is 320 g/mol. The molecule has 4 aliphatic carbocycles. The summed E-state index contributed by atoms with van der Waals surface area (Å²) in [6, 6.07) is 4.83. The number of fused-ring (bicyclic) bond motifs is 3. The molecule has 1 unspecified atom stereocenters. The molecule has 0 amide bonds. The molecule has 4 fully saturated rings. The lowest BCUT2D eigenvalue weighted by Gasteiger charge is -2.57. The number of nitroso groups, excluding NO2 is 1. The Kier molecular flexibility index (Phi) is 2.34. The zero-order valence-electron chi connectivity index (χ0n) is 13.5. The van der Waals surface area contributed by atoms with Gasteiger partial charge in [0.2, 0.25) is 0 Å². The first-order valence-electron chi connectivity index (χ1n) is 9.03. The van der Waals surface area contributed by atoms with E-state index in [1.165, 1.54) is 29.1 Å². The quantitative estimate of drug-likeness (QED) is 0.711. The summed E-state index contributed by atoms with van der Waals surface area (Å²) in [5, 5.41) is 6.04. The summed E-state index contributed by atoms with van der Waals surface area (Å²) in [7, 11) is 0. The molecule has 24 heavy (non-hydrogen) atoms. The van der Waals surface area contributed by atoms with Crippen LogP contribution < -0.4 is 0 Å². The van der Waals surface area contributed by atoms with Gasteiger partial charge in [-0.25, -0.2) is 4.98 Å². The number of nitrogens with one attached hydrogen (secondary N) is 1. The lowest BCUT2D eigenvalue weighted by molar-refractivity contribution is -0.0423. The maximum atomic E-state index is 11.5. The van der Waals surface area contributed by atoms with E-state index in [0.717, 1.165) is 24.9 Å². The first-order valence-corrected chi connectivity index (χ1v) is 9.03. The molecule has 4 bridgehead atoms. The van der Waals surface area contributed by atoms with Crippen molar-refractivity contribution in [3.8, 4) is 0 Å². The number of hydrogen-bond acceptors (Lipinski definition) is 3. The fourth-order valence-corrected chi connectivity index (χ4v) is 6.42. The highest BCUT2D eigenvalue weighted by Gasteiger charge is 2.57. The third kappa shape index (κ3) is 1.53. The molecule has 122 valence electrons. The first-order chi connectivity index (χ1) is 11.8. The highest BCUT2D eigenvalue weighted by atomic mass is 16.3.